The predicted octanol–water partition coefficient (Wildman–Crippen LogP) is 3.85. The van der Waals surface area contributed by atoms with Gasteiger partial charge in [0, 0.05) is 23.4 Å². The van der Waals surface area contributed by atoms with Gasteiger partial charge in [0.1, 0.15) is 0 Å². The van der Waals surface area contributed by atoms with Gasteiger partial charge in [-0.25, -0.2) is 0 Å². The summed E-state index contributed by atoms with van der Waals surface area (Å²) in [5.41, 5.74) is 2.24. The third-order valence-electron chi connectivity index (χ3n) is 4.65. The highest BCUT2D eigenvalue weighted by Crippen LogP contribution is 2.26. The first-order chi connectivity index (χ1) is 11.5. The van der Waals surface area contributed by atoms with Crippen LogP contribution in [0.15, 0.2) is 12.1 Å². The van der Waals surface area contributed by atoms with Crippen LogP contribution >= 0.6 is 0 Å². The second-order valence-corrected chi connectivity index (χ2v) is 6.67. The molecule has 0 radical (unpaired) electrons. The van der Waals surface area contributed by atoms with Crippen molar-refractivity contribution in [3.05, 3.63) is 33.4 Å². The molecular weight excluding hydrogens is 306 g/mol. The lowest BCUT2D eigenvalue weighted by Crippen LogP contribution is -2.38. The van der Waals surface area contributed by atoms with Crippen LogP contribution in [0.25, 0.3) is 0 Å². The smallest absolute Gasteiger partial charge is 0.274 e. The van der Waals surface area contributed by atoms with Crippen molar-refractivity contribution in [2.24, 2.45) is 0 Å². The van der Waals surface area contributed by atoms with Crippen molar-refractivity contribution in [3.8, 4) is 0 Å². The first kappa shape index (κ1) is 18.2. The van der Waals surface area contributed by atoms with Crippen LogP contribution in [-0.2, 0) is 4.79 Å². The number of carbonyl (C=O) groups excluding carboxylic acids is 1. The monoisotopic (exact) mass is 333 g/mol. The van der Waals surface area contributed by atoms with Crippen molar-refractivity contribution in [3.63, 3.8) is 0 Å². The van der Waals surface area contributed by atoms with Crippen LogP contribution in [0.3, 0.4) is 0 Å². The molecule has 0 bridgehead atoms. The van der Waals surface area contributed by atoms with Gasteiger partial charge in [0.15, 0.2) is 0 Å². The van der Waals surface area contributed by atoms with Gasteiger partial charge in [0.05, 0.1) is 11.5 Å². The fourth-order valence-electron chi connectivity index (χ4n) is 3.28. The lowest BCUT2D eigenvalue weighted by molar-refractivity contribution is -0.385. The van der Waals surface area contributed by atoms with Gasteiger partial charge >= 0.3 is 0 Å². The van der Waals surface area contributed by atoms with Crippen LogP contribution in [0.5, 0.6) is 0 Å². The fourth-order valence-corrected chi connectivity index (χ4v) is 3.28. The average Bonchev–Trinajstić information content (AvgIpc) is 2.48. The van der Waals surface area contributed by atoms with Crippen LogP contribution in [0, 0.1) is 24.0 Å². The molecule has 6 nitrogen and oxygen atoms in total. The maximum atomic E-state index is 12.2. The van der Waals surface area contributed by atoms with Gasteiger partial charge in [-0.15, -0.1) is 0 Å². The van der Waals surface area contributed by atoms with Crippen molar-refractivity contribution in [2.45, 2.75) is 64.8 Å². The Labute approximate surface area is 143 Å². The third kappa shape index (κ3) is 5.22. The molecule has 0 saturated heterocycles. The van der Waals surface area contributed by atoms with Crippen LogP contribution in [0.2, 0.25) is 0 Å². The number of amides is 1. The van der Waals surface area contributed by atoms with Gasteiger partial charge in [0.2, 0.25) is 5.91 Å². The Morgan fingerprint density at radius 1 is 1.12 bits per heavy atom. The molecular formula is C18H27N3O3. The minimum absolute atomic E-state index is 0.0526. The molecule has 24 heavy (non-hydrogen) atoms. The Morgan fingerprint density at radius 3 is 2.38 bits per heavy atom. The molecule has 6 heteroatoms. The molecule has 0 heterocycles. The zero-order valence-electron chi connectivity index (χ0n) is 14.6. The Morgan fingerprint density at radius 2 is 1.75 bits per heavy atom. The Hall–Kier alpha value is -2.11. The van der Waals surface area contributed by atoms with Gasteiger partial charge in [0.25, 0.3) is 5.69 Å². The lowest BCUT2D eigenvalue weighted by Gasteiger charge is -2.21. The molecule has 0 atom stereocenters. The first-order valence-electron chi connectivity index (χ1n) is 8.76. The molecule has 1 aromatic rings. The second-order valence-electron chi connectivity index (χ2n) is 6.67. The summed E-state index contributed by atoms with van der Waals surface area (Å²) in [7, 11) is 0. The number of hydrogen-bond acceptors (Lipinski definition) is 4. The van der Waals surface area contributed by atoms with Crippen LogP contribution in [0.4, 0.5) is 11.4 Å². The van der Waals surface area contributed by atoms with E-state index >= 15 is 0 Å². The van der Waals surface area contributed by atoms with E-state index in [2.05, 4.69) is 10.6 Å². The molecule has 1 aliphatic rings. The summed E-state index contributed by atoms with van der Waals surface area (Å²) >= 11 is 0. The van der Waals surface area contributed by atoms with E-state index in [1.807, 2.05) is 6.92 Å². The van der Waals surface area contributed by atoms with Crippen molar-refractivity contribution in [2.75, 3.05) is 11.9 Å². The third-order valence-corrected chi connectivity index (χ3v) is 4.65. The van der Waals surface area contributed by atoms with E-state index in [0.717, 1.165) is 18.4 Å². The van der Waals surface area contributed by atoms with Crippen molar-refractivity contribution >= 4 is 17.3 Å². The lowest BCUT2D eigenvalue weighted by atomic mass is 9.97. The molecule has 132 valence electrons. The zero-order valence-corrected chi connectivity index (χ0v) is 14.6. The van der Waals surface area contributed by atoms with E-state index in [4.69, 9.17) is 0 Å². The van der Waals surface area contributed by atoms with E-state index in [1.54, 1.807) is 13.0 Å². The van der Waals surface area contributed by atoms with Gasteiger partial charge < -0.3 is 10.6 Å². The van der Waals surface area contributed by atoms with E-state index in [0.29, 0.717) is 11.3 Å². The minimum atomic E-state index is -0.394. The normalized spacial score (nSPS) is 16.1. The number of nitrogens with zero attached hydrogens (tertiary/aromatic N) is 1. The van der Waals surface area contributed by atoms with E-state index in [-0.39, 0.29) is 24.2 Å². The van der Waals surface area contributed by atoms with Crippen molar-refractivity contribution in [1.82, 2.24) is 5.32 Å². The molecule has 0 unspecified atom stereocenters. The number of carbonyl (C=O) groups is 1. The highest BCUT2D eigenvalue weighted by molar-refractivity contribution is 5.81. The number of hydrogen-bond donors (Lipinski definition) is 2. The van der Waals surface area contributed by atoms with Crippen molar-refractivity contribution in [1.29, 1.82) is 0 Å². The Bertz CT molecular complexity index is 593. The van der Waals surface area contributed by atoms with Gasteiger partial charge in [-0.05, 0) is 38.3 Å². The standard InChI is InChI=1S/C18H27N3O3/c1-13-10-14(2)17(21(23)24)11-16(13)19-12-18(22)20-15-8-6-4-3-5-7-9-15/h10-11,15,19H,3-9,12H2,1-2H3,(H,20,22). The van der Waals surface area contributed by atoms with Gasteiger partial charge in [-0.3, -0.25) is 14.9 Å². The molecule has 1 aromatic carbocycles. The van der Waals surface area contributed by atoms with Crippen LogP contribution in [0.1, 0.15) is 56.1 Å². The van der Waals surface area contributed by atoms with Gasteiger partial charge in [-0.1, -0.05) is 32.1 Å². The summed E-state index contributed by atoms with van der Waals surface area (Å²) in [5, 5.41) is 17.2. The molecule has 1 amide bonds. The topological polar surface area (TPSA) is 84.3 Å². The van der Waals surface area contributed by atoms with Crippen molar-refractivity contribution < 1.29 is 9.72 Å². The Kier molecular flexibility index (Phi) is 6.58. The number of nitro benzene ring substituents is 1. The summed E-state index contributed by atoms with van der Waals surface area (Å²) in [6.07, 6.45) is 8.21. The molecule has 0 spiro atoms. The summed E-state index contributed by atoms with van der Waals surface area (Å²) in [4.78, 5) is 22.8. The molecule has 1 aliphatic carbocycles. The summed E-state index contributed by atoms with van der Waals surface area (Å²) in [6, 6.07) is 3.54. The quantitative estimate of drug-likeness (QED) is 0.633. The highest BCUT2D eigenvalue weighted by atomic mass is 16.6. The molecule has 2 N–H and O–H groups in total. The first-order valence-corrected chi connectivity index (χ1v) is 8.76. The maximum absolute atomic E-state index is 12.2. The molecule has 0 aliphatic heterocycles. The number of rotatable bonds is 5. The number of nitro groups is 1. The summed E-state index contributed by atoms with van der Waals surface area (Å²) in [5.74, 6) is -0.0526. The Balaban J connectivity index is 1.91. The molecule has 2 rings (SSSR count). The van der Waals surface area contributed by atoms with Crippen LogP contribution in [-0.4, -0.2) is 23.4 Å². The largest absolute Gasteiger partial charge is 0.376 e. The second kappa shape index (κ2) is 8.66. The SMILES string of the molecule is Cc1cc(C)c([N+](=O)[O-])cc1NCC(=O)NC1CCCCCCC1. The maximum Gasteiger partial charge on any atom is 0.274 e. The molecule has 1 fully saturated rings. The van der Waals surface area contributed by atoms with Gasteiger partial charge in [-0.2, -0.15) is 0 Å². The highest BCUT2D eigenvalue weighted by Gasteiger charge is 2.16. The van der Waals surface area contributed by atoms with E-state index in [9.17, 15) is 14.9 Å². The average molecular weight is 333 g/mol. The van der Waals surface area contributed by atoms with E-state index < -0.39 is 4.92 Å². The number of aryl methyl sites for hydroxylation is 2. The number of benzene rings is 1. The summed E-state index contributed by atoms with van der Waals surface area (Å²) < 4.78 is 0. The fraction of sp³-hybridized carbons (Fsp3) is 0.611. The van der Waals surface area contributed by atoms with E-state index in [1.165, 1.54) is 38.2 Å². The molecule has 1 saturated carbocycles. The number of nitrogens with one attached hydrogen (secondary N) is 2. The predicted molar refractivity (Wildman–Crippen MR) is 95.3 cm³/mol. The number of anilines is 1. The molecule has 0 aromatic heterocycles. The zero-order chi connectivity index (χ0) is 17.5. The minimum Gasteiger partial charge on any atom is -0.376 e. The summed E-state index contributed by atoms with van der Waals surface area (Å²) in [6.45, 7) is 3.74. The van der Waals surface area contributed by atoms with Crippen LogP contribution < -0.4 is 10.6 Å².